The van der Waals surface area contributed by atoms with Crippen molar-refractivity contribution in [3.8, 4) is 0 Å². The summed E-state index contributed by atoms with van der Waals surface area (Å²) in [6.07, 6.45) is 3.87. The van der Waals surface area contributed by atoms with E-state index >= 15 is 0 Å². The lowest BCUT2D eigenvalue weighted by atomic mass is 9.99. The molecule has 0 radical (unpaired) electrons. The summed E-state index contributed by atoms with van der Waals surface area (Å²) >= 11 is 0. The second-order valence-corrected chi connectivity index (χ2v) is 5.18. The highest BCUT2D eigenvalue weighted by Gasteiger charge is 2.18. The molecule has 2 heterocycles. The van der Waals surface area contributed by atoms with Crippen LogP contribution in [0.15, 0.2) is 18.3 Å². The molecule has 110 valence electrons. The van der Waals surface area contributed by atoms with Gasteiger partial charge in [0.1, 0.15) is 5.82 Å². The van der Waals surface area contributed by atoms with E-state index in [4.69, 9.17) is 5.73 Å². The Kier molecular flexibility index (Phi) is 5.31. The SMILES string of the molecule is NC(=O)c1cccnc1NCCN1CCC[C@@H](CO)C1. The Morgan fingerprint density at radius 3 is 3.20 bits per heavy atom. The molecule has 1 saturated heterocycles. The minimum absolute atomic E-state index is 0.260. The molecule has 0 saturated carbocycles. The van der Waals surface area contributed by atoms with Crippen molar-refractivity contribution < 1.29 is 9.90 Å². The molecule has 20 heavy (non-hydrogen) atoms. The summed E-state index contributed by atoms with van der Waals surface area (Å²) in [4.78, 5) is 17.7. The maximum absolute atomic E-state index is 11.3. The van der Waals surface area contributed by atoms with Crippen molar-refractivity contribution in [2.45, 2.75) is 12.8 Å². The summed E-state index contributed by atoms with van der Waals surface area (Å²) in [7, 11) is 0. The standard InChI is InChI=1S/C14H22N4O2/c15-13(20)12-4-1-5-16-14(12)17-6-8-18-7-2-3-11(9-18)10-19/h1,4-5,11,19H,2-3,6-10H2,(H2,15,20)(H,16,17)/t11-/m1/s1. The third kappa shape index (κ3) is 3.91. The van der Waals surface area contributed by atoms with E-state index in [1.54, 1.807) is 18.3 Å². The Morgan fingerprint density at radius 1 is 1.60 bits per heavy atom. The predicted octanol–water partition coefficient (Wildman–Crippen LogP) is 0.297. The Balaban J connectivity index is 1.82. The zero-order valence-electron chi connectivity index (χ0n) is 11.6. The van der Waals surface area contributed by atoms with Gasteiger partial charge < -0.3 is 21.1 Å². The lowest BCUT2D eigenvalue weighted by Gasteiger charge is -2.31. The van der Waals surface area contributed by atoms with E-state index in [1.807, 2.05) is 0 Å². The highest BCUT2D eigenvalue weighted by atomic mass is 16.3. The average molecular weight is 278 g/mol. The molecule has 1 aliphatic heterocycles. The van der Waals surface area contributed by atoms with Crippen molar-refractivity contribution in [2.75, 3.05) is 38.1 Å². The number of piperidine rings is 1. The Bertz CT molecular complexity index is 453. The number of anilines is 1. The van der Waals surface area contributed by atoms with E-state index in [9.17, 15) is 9.90 Å². The Morgan fingerprint density at radius 2 is 2.45 bits per heavy atom. The van der Waals surface area contributed by atoms with E-state index in [1.165, 1.54) is 0 Å². The van der Waals surface area contributed by atoms with Gasteiger partial charge in [0.15, 0.2) is 0 Å². The van der Waals surface area contributed by atoms with Crippen molar-refractivity contribution in [1.82, 2.24) is 9.88 Å². The zero-order valence-corrected chi connectivity index (χ0v) is 11.6. The van der Waals surface area contributed by atoms with Gasteiger partial charge in [-0.1, -0.05) is 0 Å². The highest BCUT2D eigenvalue weighted by Crippen LogP contribution is 2.15. The largest absolute Gasteiger partial charge is 0.396 e. The van der Waals surface area contributed by atoms with Crippen molar-refractivity contribution >= 4 is 11.7 Å². The van der Waals surface area contributed by atoms with Crippen LogP contribution in [0.4, 0.5) is 5.82 Å². The second kappa shape index (κ2) is 7.21. The number of primary amides is 1. The molecule has 6 nitrogen and oxygen atoms in total. The summed E-state index contributed by atoms with van der Waals surface area (Å²) in [6, 6.07) is 3.36. The quantitative estimate of drug-likeness (QED) is 0.696. The van der Waals surface area contributed by atoms with Gasteiger partial charge in [0, 0.05) is 32.4 Å². The number of hydrogen-bond donors (Lipinski definition) is 3. The van der Waals surface area contributed by atoms with Gasteiger partial charge in [-0.3, -0.25) is 4.79 Å². The maximum Gasteiger partial charge on any atom is 0.252 e. The molecule has 4 N–H and O–H groups in total. The first-order valence-electron chi connectivity index (χ1n) is 7.02. The van der Waals surface area contributed by atoms with Crippen LogP contribution in [0.5, 0.6) is 0 Å². The molecule has 1 fully saturated rings. The van der Waals surface area contributed by atoms with Gasteiger partial charge >= 0.3 is 0 Å². The van der Waals surface area contributed by atoms with E-state index in [2.05, 4.69) is 15.2 Å². The number of nitrogens with one attached hydrogen (secondary N) is 1. The Labute approximate surface area is 119 Å². The first-order chi connectivity index (χ1) is 9.70. The fraction of sp³-hybridized carbons (Fsp3) is 0.571. The van der Waals surface area contributed by atoms with Gasteiger partial charge in [-0.25, -0.2) is 4.98 Å². The molecule has 6 heteroatoms. The molecule has 0 bridgehead atoms. The van der Waals surface area contributed by atoms with Gasteiger partial charge in [0.05, 0.1) is 5.56 Å². The van der Waals surface area contributed by atoms with Crippen molar-refractivity contribution in [3.05, 3.63) is 23.9 Å². The Hall–Kier alpha value is -1.66. The zero-order chi connectivity index (χ0) is 14.4. The third-order valence-electron chi connectivity index (χ3n) is 3.65. The molecule has 0 aliphatic carbocycles. The molecule has 0 unspecified atom stereocenters. The molecular formula is C14H22N4O2. The number of pyridine rings is 1. The first-order valence-corrected chi connectivity index (χ1v) is 7.02. The number of amides is 1. The van der Waals surface area contributed by atoms with E-state index in [0.29, 0.717) is 23.8 Å². The second-order valence-electron chi connectivity index (χ2n) is 5.18. The first kappa shape index (κ1) is 14.7. The molecule has 1 aromatic heterocycles. The average Bonchev–Trinajstić information content (AvgIpc) is 2.48. The lowest BCUT2D eigenvalue weighted by Crippen LogP contribution is -2.39. The number of aromatic nitrogens is 1. The number of aliphatic hydroxyl groups excluding tert-OH is 1. The van der Waals surface area contributed by atoms with E-state index in [-0.39, 0.29) is 6.61 Å². The van der Waals surface area contributed by atoms with Gasteiger partial charge in [0.2, 0.25) is 0 Å². The molecule has 0 aromatic carbocycles. The summed E-state index contributed by atoms with van der Waals surface area (Å²) in [5, 5.41) is 12.4. The summed E-state index contributed by atoms with van der Waals surface area (Å²) in [6.45, 7) is 3.82. The molecule has 0 spiro atoms. The number of aliphatic hydroxyl groups is 1. The van der Waals surface area contributed by atoms with E-state index in [0.717, 1.165) is 32.5 Å². The van der Waals surface area contributed by atoms with Gasteiger partial charge in [-0.05, 0) is 37.4 Å². The summed E-state index contributed by atoms with van der Waals surface area (Å²) in [5.41, 5.74) is 5.72. The number of likely N-dealkylation sites (tertiary alicyclic amines) is 1. The van der Waals surface area contributed by atoms with Crippen molar-refractivity contribution in [2.24, 2.45) is 11.7 Å². The highest BCUT2D eigenvalue weighted by molar-refractivity contribution is 5.97. The maximum atomic E-state index is 11.3. The molecule has 1 aromatic rings. The van der Waals surface area contributed by atoms with Gasteiger partial charge in [-0.2, -0.15) is 0 Å². The number of hydrogen-bond acceptors (Lipinski definition) is 5. The lowest BCUT2D eigenvalue weighted by molar-refractivity contribution is 0.100. The minimum atomic E-state index is -0.473. The van der Waals surface area contributed by atoms with Crippen LogP contribution < -0.4 is 11.1 Å². The topological polar surface area (TPSA) is 91.5 Å². The summed E-state index contributed by atoms with van der Waals surface area (Å²) in [5.74, 6) is 0.453. The van der Waals surface area contributed by atoms with E-state index < -0.39 is 5.91 Å². The van der Waals surface area contributed by atoms with Crippen LogP contribution in [0.2, 0.25) is 0 Å². The fourth-order valence-electron chi connectivity index (χ4n) is 2.58. The fourth-order valence-corrected chi connectivity index (χ4v) is 2.58. The minimum Gasteiger partial charge on any atom is -0.396 e. The van der Waals surface area contributed by atoms with Crippen LogP contribution >= 0.6 is 0 Å². The molecule has 1 atom stereocenters. The number of carbonyl (C=O) groups is 1. The van der Waals surface area contributed by atoms with Crippen LogP contribution in [0.25, 0.3) is 0 Å². The van der Waals surface area contributed by atoms with Crippen LogP contribution in [0.3, 0.4) is 0 Å². The molecule has 1 aliphatic rings. The summed E-state index contributed by atoms with van der Waals surface area (Å²) < 4.78 is 0. The van der Waals surface area contributed by atoms with Crippen LogP contribution in [-0.4, -0.2) is 53.7 Å². The van der Waals surface area contributed by atoms with Gasteiger partial charge in [-0.15, -0.1) is 0 Å². The number of nitrogens with two attached hydrogens (primary N) is 1. The number of rotatable bonds is 6. The predicted molar refractivity (Wildman–Crippen MR) is 77.5 cm³/mol. The molecule has 2 rings (SSSR count). The monoisotopic (exact) mass is 278 g/mol. The molecule has 1 amide bonds. The smallest absolute Gasteiger partial charge is 0.252 e. The normalized spacial score (nSPS) is 19.8. The molecular weight excluding hydrogens is 256 g/mol. The van der Waals surface area contributed by atoms with Crippen LogP contribution in [0.1, 0.15) is 23.2 Å². The number of nitrogens with zero attached hydrogens (tertiary/aromatic N) is 2. The van der Waals surface area contributed by atoms with Crippen molar-refractivity contribution in [3.63, 3.8) is 0 Å². The number of carbonyl (C=O) groups excluding carboxylic acids is 1. The van der Waals surface area contributed by atoms with Crippen LogP contribution in [0, 0.1) is 5.92 Å². The van der Waals surface area contributed by atoms with Crippen molar-refractivity contribution in [1.29, 1.82) is 0 Å². The van der Waals surface area contributed by atoms with Crippen LogP contribution in [-0.2, 0) is 0 Å². The third-order valence-corrected chi connectivity index (χ3v) is 3.65. The van der Waals surface area contributed by atoms with Gasteiger partial charge in [0.25, 0.3) is 5.91 Å².